The fourth-order valence-corrected chi connectivity index (χ4v) is 9.63. The fourth-order valence-electron chi connectivity index (χ4n) is 6.86. The van der Waals surface area contributed by atoms with E-state index in [9.17, 15) is 22.4 Å². The minimum Gasteiger partial charge on any atom is -0.369 e. The van der Waals surface area contributed by atoms with Gasteiger partial charge in [0, 0.05) is 27.5 Å². The first-order valence-corrected chi connectivity index (χ1v) is 14.1. The molecule has 4 aliphatic carbocycles. The average Bonchev–Trinajstić information content (AvgIpc) is 2.73. The summed E-state index contributed by atoms with van der Waals surface area (Å²) in [7, 11) is -4.21. The molecule has 1 aromatic carbocycles. The number of amides is 2. The predicted octanol–water partition coefficient (Wildman–Crippen LogP) is 2.96. The van der Waals surface area contributed by atoms with Gasteiger partial charge in [-0.1, -0.05) is 18.2 Å². The second kappa shape index (κ2) is 8.71. The zero-order valence-corrected chi connectivity index (χ0v) is 22.1. The van der Waals surface area contributed by atoms with Crippen LogP contribution in [0.15, 0.2) is 28.8 Å². The van der Waals surface area contributed by atoms with Gasteiger partial charge in [-0.25, -0.2) is 8.70 Å². The van der Waals surface area contributed by atoms with Crippen LogP contribution >= 0.6 is 27.5 Å². The maximum absolute atomic E-state index is 14.7. The van der Waals surface area contributed by atoms with E-state index in [1.54, 1.807) is 0 Å². The highest BCUT2D eigenvalue weighted by Crippen LogP contribution is 2.59. The van der Waals surface area contributed by atoms with Crippen molar-refractivity contribution in [3.05, 3.63) is 39.6 Å². The van der Waals surface area contributed by atoms with E-state index < -0.39 is 33.9 Å². The van der Waals surface area contributed by atoms with Crippen LogP contribution in [-0.2, 0) is 19.8 Å². The van der Waals surface area contributed by atoms with E-state index >= 15 is 0 Å². The Morgan fingerprint density at radius 2 is 1.89 bits per heavy atom. The number of carbonyl (C=O) groups excluding carboxylic acids is 2. The Hall–Kier alpha value is -1.69. The minimum absolute atomic E-state index is 0.0382. The zero-order chi connectivity index (χ0) is 25.3. The molecule has 8 nitrogen and oxygen atoms in total. The van der Waals surface area contributed by atoms with E-state index in [2.05, 4.69) is 27.8 Å². The summed E-state index contributed by atoms with van der Waals surface area (Å²) >= 11 is 9.09. The van der Waals surface area contributed by atoms with Crippen LogP contribution in [-0.4, -0.2) is 50.2 Å². The van der Waals surface area contributed by atoms with Gasteiger partial charge in [0.25, 0.3) is 0 Å². The maximum Gasteiger partial charge on any atom is 0.305 e. The van der Waals surface area contributed by atoms with Gasteiger partial charge in [-0.2, -0.15) is 12.7 Å². The molecular formula is C23H27BrClFN4O4S. The molecule has 6 rings (SSSR count). The highest BCUT2D eigenvalue weighted by atomic mass is 79.9. The summed E-state index contributed by atoms with van der Waals surface area (Å²) < 4.78 is 43.6. The third-order valence-electron chi connectivity index (χ3n) is 8.05. The highest BCUT2D eigenvalue weighted by Gasteiger charge is 2.58. The Kier molecular flexibility index (Phi) is 6.22. The van der Waals surface area contributed by atoms with Gasteiger partial charge in [0.2, 0.25) is 11.8 Å². The topological polar surface area (TPSA) is 113 Å². The summed E-state index contributed by atoms with van der Waals surface area (Å²) in [4.78, 5) is 25.2. The lowest BCUT2D eigenvalue weighted by Crippen LogP contribution is -2.63. The number of nitrogens with zero attached hydrogens (tertiary/aromatic N) is 2. The molecular weight excluding hydrogens is 563 g/mol. The number of benzene rings is 1. The Bertz CT molecular complexity index is 1190. The smallest absolute Gasteiger partial charge is 0.305 e. The molecule has 2 amide bonds. The van der Waals surface area contributed by atoms with Gasteiger partial charge in [0.1, 0.15) is 11.5 Å². The van der Waals surface area contributed by atoms with Gasteiger partial charge < -0.3 is 11.1 Å². The molecule has 5 aliphatic rings. The highest BCUT2D eigenvalue weighted by molar-refractivity contribution is 9.10. The molecule has 3 N–H and O–H groups in total. The van der Waals surface area contributed by atoms with Gasteiger partial charge in [-0.05, 0) is 83.5 Å². The summed E-state index contributed by atoms with van der Waals surface area (Å²) in [6, 6.07) is 2.34. The number of anilines is 1. The number of hydrogen-bond acceptors (Lipinski definition) is 4. The molecule has 4 bridgehead atoms. The van der Waals surface area contributed by atoms with Gasteiger partial charge in [0.15, 0.2) is 0 Å². The van der Waals surface area contributed by atoms with E-state index in [1.807, 2.05) is 0 Å². The van der Waals surface area contributed by atoms with Crippen molar-refractivity contribution < 1.29 is 22.4 Å². The number of primary amides is 1. The molecule has 35 heavy (non-hydrogen) atoms. The first kappa shape index (κ1) is 25.0. The van der Waals surface area contributed by atoms with Crippen molar-refractivity contribution in [1.29, 1.82) is 0 Å². The summed E-state index contributed by atoms with van der Waals surface area (Å²) in [6.07, 6.45) is 4.03. The molecule has 1 aromatic rings. The number of nitrogens with two attached hydrogens (primary N) is 1. The fraction of sp³-hybridized carbons (Fsp3) is 0.565. The molecule has 4 saturated carbocycles. The lowest BCUT2D eigenvalue weighted by molar-refractivity contribution is -0.147. The lowest BCUT2D eigenvalue weighted by atomic mass is 9.47. The third kappa shape index (κ3) is 4.28. The SMILES string of the molecule is C=C1CN(CC(=O)NC2C3CC4CC2CC(C(N)=O)(C4)C3)S(=O)(=O)N(c2c(F)cc(Cl)cc2Br)C1. The monoisotopic (exact) mass is 588 g/mol. The third-order valence-corrected chi connectivity index (χ3v) is 10.6. The van der Waals surface area contributed by atoms with Crippen molar-refractivity contribution in [1.82, 2.24) is 9.62 Å². The molecule has 0 aromatic heterocycles. The first-order valence-electron chi connectivity index (χ1n) is 11.6. The van der Waals surface area contributed by atoms with Crippen LogP contribution in [0.1, 0.15) is 32.1 Å². The van der Waals surface area contributed by atoms with Crippen LogP contribution in [0.2, 0.25) is 5.02 Å². The largest absolute Gasteiger partial charge is 0.369 e. The van der Waals surface area contributed by atoms with Crippen molar-refractivity contribution in [3.8, 4) is 0 Å². The van der Waals surface area contributed by atoms with Crippen molar-refractivity contribution >= 4 is 55.2 Å². The Labute approximate surface area is 217 Å². The zero-order valence-electron chi connectivity index (χ0n) is 19.0. The number of nitrogens with one attached hydrogen (secondary N) is 1. The average molecular weight is 590 g/mol. The van der Waals surface area contributed by atoms with Gasteiger partial charge in [0.05, 0.1) is 13.1 Å². The van der Waals surface area contributed by atoms with Crippen LogP contribution in [0, 0.1) is 29.0 Å². The Balaban J connectivity index is 1.33. The predicted molar refractivity (Wildman–Crippen MR) is 133 cm³/mol. The quantitative estimate of drug-likeness (QED) is 0.514. The first-order chi connectivity index (χ1) is 16.4. The number of hydrogen-bond donors (Lipinski definition) is 2. The number of rotatable bonds is 5. The molecule has 0 radical (unpaired) electrons. The van der Waals surface area contributed by atoms with Gasteiger partial charge in [-0.3, -0.25) is 9.59 Å². The van der Waals surface area contributed by atoms with Crippen LogP contribution in [0.25, 0.3) is 0 Å². The molecule has 2 atom stereocenters. The Morgan fingerprint density at radius 3 is 2.49 bits per heavy atom. The Morgan fingerprint density at radius 1 is 1.23 bits per heavy atom. The molecule has 5 fully saturated rings. The summed E-state index contributed by atoms with van der Waals surface area (Å²) in [5, 5.41) is 3.18. The molecule has 1 saturated heterocycles. The van der Waals surface area contributed by atoms with Crippen molar-refractivity contribution in [3.63, 3.8) is 0 Å². The van der Waals surface area contributed by atoms with E-state index in [0.717, 1.165) is 33.9 Å². The van der Waals surface area contributed by atoms with Crippen LogP contribution in [0.5, 0.6) is 0 Å². The molecule has 0 spiro atoms. The normalized spacial score (nSPS) is 33.7. The van der Waals surface area contributed by atoms with E-state index in [0.29, 0.717) is 24.3 Å². The molecule has 2 unspecified atom stereocenters. The standard InChI is InChI=1S/C23H27BrClFN4O4S/c1-12-9-29(35(33,34)30(10-12)21-17(24)4-16(25)5-18(21)26)11-19(31)28-20-14-2-13-3-15(20)8-23(6-13,7-14)22(27)32/h4-5,13-15,20H,1-3,6-11H2,(H2,27,32)(H,28,31). The van der Waals surface area contributed by atoms with Crippen LogP contribution in [0.3, 0.4) is 0 Å². The van der Waals surface area contributed by atoms with E-state index in [-0.39, 0.29) is 52.1 Å². The van der Waals surface area contributed by atoms with Gasteiger partial charge in [-0.15, -0.1) is 0 Å². The van der Waals surface area contributed by atoms with Gasteiger partial charge >= 0.3 is 10.2 Å². The minimum atomic E-state index is -4.21. The van der Waals surface area contributed by atoms with Crippen molar-refractivity contribution in [2.75, 3.05) is 23.9 Å². The van der Waals surface area contributed by atoms with Crippen molar-refractivity contribution in [2.24, 2.45) is 28.9 Å². The summed E-state index contributed by atoms with van der Waals surface area (Å²) in [5.74, 6) is -0.725. The lowest BCUT2D eigenvalue weighted by Gasteiger charge is -2.58. The molecule has 1 heterocycles. The van der Waals surface area contributed by atoms with E-state index in [4.69, 9.17) is 17.3 Å². The van der Waals surface area contributed by atoms with Crippen molar-refractivity contribution in [2.45, 2.75) is 38.1 Å². The van der Waals surface area contributed by atoms with Crippen LogP contribution < -0.4 is 15.4 Å². The number of carbonyl (C=O) groups is 2. The summed E-state index contributed by atoms with van der Waals surface area (Å²) in [5.41, 5.74) is 5.61. The summed E-state index contributed by atoms with van der Waals surface area (Å²) in [6.45, 7) is 3.34. The molecule has 12 heteroatoms. The maximum atomic E-state index is 14.7. The number of halogens is 3. The van der Waals surface area contributed by atoms with E-state index in [1.165, 1.54) is 6.07 Å². The van der Waals surface area contributed by atoms with Crippen LogP contribution in [0.4, 0.5) is 10.1 Å². The molecule has 190 valence electrons. The second-order valence-electron chi connectivity index (χ2n) is 10.5. The second-order valence-corrected chi connectivity index (χ2v) is 13.6. The molecule has 1 aliphatic heterocycles.